The fourth-order valence-electron chi connectivity index (χ4n) is 1.53. The van der Waals surface area contributed by atoms with E-state index in [1.165, 1.54) is 12.1 Å². The summed E-state index contributed by atoms with van der Waals surface area (Å²) < 4.78 is 31.7. The van der Waals surface area contributed by atoms with Gasteiger partial charge in [-0.3, -0.25) is 0 Å². The molecule has 17 heavy (non-hydrogen) atoms. The third-order valence-electron chi connectivity index (χ3n) is 2.42. The van der Waals surface area contributed by atoms with Gasteiger partial charge >= 0.3 is 0 Å². The Bertz CT molecular complexity index is 523. The van der Waals surface area contributed by atoms with Gasteiger partial charge in [-0.15, -0.1) is 0 Å². The van der Waals surface area contributed by atoms with Crippen LogP contribution >= 0.6 is 0 Å². The number of hydrogen-bond acceptors (Lipinski definition) is 1. The van der Waals surface area contributed by atoms with Crippen LogP contribution in [0.4, 0.5) is 8.78 Å². The molecule has 0 bridgehead atoms. The molecule has 2 rings (SSSR count). The van der Waals surface area contributed by atoms with Gasteiger partial charge < -0.3 is 4.74 Å². The van der Waals surface area contributed by atoms with Crippen LogP contribution in [0.5, 0.6) is 5.75 Å². The van der Waals surface area contributed by atoms with Crippen LogP contribution in [-0.4, -0.2) is 0 Å². The van der Waals surface area contributed by atoms with Crippen molar-refractivity contribution in [1.29, 1.82) is 0 Å². The highest BCUT2D eigenvalue weighted by Gasteiger charge is 2.07. The number of halogens is 2. The van der Waals surface area contributed by atoms with E-state index in [0.717, 1.165) is 11.6 Å². The van der Waals surface area contributed by atoms with Crippen LogP contribution in [0.3, 0.4) is 0 Å². The molecule has 0 aromatic heterocycles. The SMILES string of the molecule is Cc1cccc(OCc2cccc(F)c2F)c1. The van der Waals surface area contributed by atoms with E-state index >= 15 is 0 Å². The Labute approximate surface area is 98.7 Å². The second-order valence-corrected chi connectivity index (χ2v) is 3.82. The summed E-state index contributed by atoms with van der Waals surface area (Å²) in [6.07, 6.45) is 0. The normalized spacial score (nSPS) is 10.3. The van der Waals surface area contributed by atoms with Crippen molar-refractivity contribution in [2.75, 3.05) is 0 Å². The van der Waals surface area contributed by atoms with E-state index in [4.69, 9.17) is 4.74 Å². The van der Waals surface area contributed by atoms with Crippen molar-refractivity contribution >= 4 is 0 Å². The average Bonchev–Trinajstić information content (AvgIpc) is 2.31. The van der Waals surface area contributed by atoms with Gasteiger partial charge in [-0.1, -0.05) is 24.3 Å². The Hall–Kier alpha value is -1.90. The summed E-state index contributed by atoms with van der Waals surface area (Å²) >= 11 is 0. The van der Waals surface area contributed by atoms with E-state index in [9.17, 15) is 8.78 Å². The zero-order valence-electron chi connectivity index (χ0n) is 9.41. The molecule has 0 radical (unpaired) electrons. The summed E-state index contributed by atoms with van der Waals surface area (Å²) in [4.78, 5) is 0. The number of ether oxygens (including phenoxy) is 1. The number of rotatable bonds is 3. The van der Waals surface area contributed by atoms with Gasteiger partial charge in [0, 0.05) is 5.56 Å². The molecule has 1 nitrogen and oxygen atoms in total. The molecule has 0 unspecified atom stereocenters. The molecule has 0 aliphatic heterocycles. The zero-order valence-corrected chi connectivity index (χ0v) is 9.41. The molecule has 0 amide bonds. The van der Waals surface area contributed by atoms with Crippen LogP contribution in [-0.2, 0) is 6.61 Å². The highest BCUT2D eigenvalue weighted by molar-refractivity contribution is 5.28. The van der Waals surface area contributed by atoms with E-state index in [0.29, 0.717) is 5.75 Å². The Kier molecular flexibility index (Phi) is 3.38. The van der Waals surface area contributed by atoms with Crippen molar-refractivity contribution in [2.24, 2.45) is 0 Å². The third kappa shape index (κ3) is 2.81. The van der Waals surface area contributed by atoms with E-state index in [1.54, 1.807) is 6.07 Å². The quantitative estimate of drug-likeness (QED) is 0.783. The number of aryl methyl sites for hydroxylation is 1. The standard InChI is InChI=1S/C14H12F2O/c1-10-4-2-6-12(8-10)17-9-11-5-3-7-13(15)14(11)16/h2-8H,9H2,1H3. The van der Waals surface area contributed by atoms with Gasteiger partial charge in [0.25, 0.3) is 0 Å². The molecule has 0 atom stereocenters. The molecule has 0 saturated heterocycles. The molecule has 2 aromatic rings. The molecule has 3 heteroatoms. The maximum atomic E-state index is 13.3. The lowest BCUT2D eigenvalue weighted by Gasteiger charge is -2.07. The largest absolute Gasteiger partial charge is 0.489 e. The third-order valence-corrected chi connectivity index (χ3v) is 2.42. The van der Waals surface area contributed by atoms with Gasteiger partial charge in [0.05, 0.1) is 0 Å². The second kappa shape index (κ2) is 4.95. The smallest absolute Gasteiger partial charge is 0.165 e. The first-order valence-corrected chi connectivity index (χ1v) is 5.29. The lowest BCUT2D eigenvalue weighted by Crippen LogP contribution is -2.00. The molecule has 0 saturated carbocycles. The zero-order chi connectivity index (χ0) is 12.3. The van der Waals surface area contributed by atoms with Crippen molar-refractivity contribution in [3.63, 3.8) is 0 Å². The van der Waals surface area contributed by atoms with E-state index in [1.807, 2.05) is 25.1 Å². The summed E-state index contributed by atoms with van der Waals surface area (Å²) in [5.74, 6) is -1.05. The molecular weight excluding hydrogens is 222 g/mol. The topological polar surface area (TPSA) is 9.23 Å². The van der Waals surface area contributed by atoms with Crippen molar-refractivity contribution in [3.8, 4) is 5.75 Å². The molecule has 0 spiro atoms. The van der Waals surface area contributed by atoms with Gasteiger partial charge in [-0.2, -0.15) is 0 Å². The summed E-state index contributed by atoms with van der Waals surface area (Å²) in [5, 5.41) is 0. The monoisotopic (exact) mass is 234 g/mol. The summed E-state index contributed by atoms with van der Waals surface area (Å²) in [5.41, 5.74) is 1.27. The Morgan fingerprint density at radius 2 is 1.82 bits per heavy atom. The van der Waals surface area contributed by atoms with E-state index in [2.05, 4.69) is 0 Å². The lowest BCUT2D eigenvalue weighted by atomic mass is 10.2. The van der Waals surface area contributed by atoms with Crippen LogP contribution < -0.4 is 4.74 Å². The van der Waals surface area contributed by atoms with Gasteiger partial charge in [-0.25, -0.2) is 8.78 Å². The maximum absolute atomic E-state index is 13.3. The summed E-state index contributed by atoms with van der Waals surface area (Å²) in [7, 11) is 0. The average molecular weight is 234 g/mol. The molecule has 0 fully saturated rings. The van der Waals surface area contributed by atoms with Crippen LogP contribution in [0.1, 0.15) is 11.1 Å². The Morgan fingerprint density at radius 3 is 2.59 bits per heavy atom. The van der Waals surface area contributed by atoms with Crippen LogP contribution in [0.25, 0.3) is 0 Å². The first kappa shape index (κ1) is 11.6. The minimum atomic E-state index is -0.852. The molecular formula is C14H12F2O. The lowest BCUT2D eigenvalue weighted by molar-refractivity contribution is 0.297. The van der Waals surface area contributed by atoms with Crippen LogP contribution in [0.2, 0.25) is 0 Å². The van der Waals surface area contributed by atoms with Gasteiger partial charge in [-0.05, 0) is 30.7 Å². The minimum absolute atomic E-state index is 0.0209. The van der Waals surface area contributed by atoms with Gasteiger partial charge in [0.1, 0.15) is 12.4 Å². The highest BCUT2D eigenvalue weighted by atomic mass is 19.2. The number of hydrogen-bond donors (Lipinski definition) is 0. The van der Waals surface area contributed by atoms with Crippen molar-refractivity contribution in [2.45, 2.75) is 13.5 Å². The summed E-state index contributed by atoms with van der Waals surface area (Å²) in [6.45, 7) is 1.96. The Balaban J connectivity index is 2.10. The van der Waals surface area contributed by atoms with Crippen LogP contribution in [0, 0.1) is 18.6 Å². The second-order valence-electron chi connectivity index (χ2n) is 3.82. The molecule has 2 aromatic carbocycles. The van der Waals surface area contributed by atoms with Crippen molar-refractivity contribution in [3.05, 3.63) is 65.2 Å². The molecule has 0 aliphatic carbocycles. The molecule has 88 valence electrons. The van der Waals surface area contributed by atoms with E-state index < -0.39 is 11.6 Å². The highest BCUT2D eigenvalue weighted by Crippen LogP contribution is 2.17. The predicted octanol–water partition coefficient (Wildman–Crippen LogP) is 3.85. The fraction of sp³-hybridized carbons (Fsp3) is 0.143. The molecule has 0 N–H and O–H groups in total. The van der Waals surface area contributed by atoms with Gasteiger partial charge in [0.2, 0.25) is 0 Å². The van der Waals surface area contributed by atoms with E-state index in [-0.39, 0.29) is 12.2 Å². The van der Waals surface area contributed by atoms with Crippen molar-refractivity contribution in [1.82, 2.24) is 0 Å². The first-order chi connectivity index (χ1) is 8.16. The van der Waals surface area contributed by atoms with Crippen LogP contribution in [0.15, 0.2) is 42.5 Å². The molecule has 0 heterocycles. The van der Waals surface area contributed by atoms with Crippen molar-refractivity contribution < 1.29 is 13.5 Å². The first-order valence-electron chi connectivity index (χ1n) is 5.29. The minimum Gasteiger partial charge on any atom is -0.489 e. The number of benzene rings is 2. The van der Waals surface area contributed by atoms with Gasteiger partial charge in [0.15, 0.2) is 11.6 Å². The predicted molar refractivity (Wildman–Crippen MR) is 61.9 cm³/mol. The summed E-state index contributed by atoms with van der Waals surface area (Å²) in [6, 6.07) is 11.5. The molecule has 0 aliphatic rings. The fourth-order valence-corrected chi connectivity index (χ4v) is 1.53. The Morgan fingerprint density at radius 1 is 1.06 bits per heavy atom. The maximum Gasteiger partial charge on any atom is 0.165 e.